The lowest BCUT2D eigenvalue weighted by molar-refractivity contribution is -0.109. The predicted octanol–water partition coefficient (Wildman–Crippen LogP) is 3.42. The summed E-state index contributed by atoms with van der Waals surface area (Å²) in [4.78, 5) is 26.4. The molecule has 1 aromatic heterocycles. The largest absolute Gasteiger partial charge is 0.332 e. The zero-order chi connectivity index (χ0) is 23.9. The van der Waals surface area contributed by atoms with Crippen molar-refractivity contribution in [2.24, 2.45) is 11.0 Å². The van der Waals surface area contributed by atoms with Crippen LogP contribution in [0.1, 0.15) is 57.2 Å². The van der Waals surface area contributed by atoms with Gasteiger partial charge in [-0.2, -0.15) is 10.2 Å². The van der Waals surface area contributed by atoms with Crippen LogP contribution in [0.5, 0.6) is 0 Å². The maximum atomic E-state index is 14.8. The summed E-state index contributed by atoms with van der Waals surface area (Å²) in [7, 11) is 0. The Balaban J connectivity index is 1.21. The number of carbonyl (C=O) groups is 2. The van der Waals surface area contributed by atoms with Gasteiger partial charge in [-0.25, -0.2) is 4.39 Å². The average molecular weight is 472 g/mol. The number of hydrogen-bond acceptors (Lipinski definition) is 5. The number of nitrogens with zero attached hydrogens (tertiary/aromatic N) is 4. The molecule has 2 aromatic carbocycles. The first-order valence-electron chi connectivity index (χ1n) is 12.1. The Hall–Kier alpha value is -3.81. The highest BCUT2D eigenvalue weighted by atomic mass is 19.1. The minimum absolute atomic E-state index is 0.0618. The molecule has 1 atom stereocenters. The Morgan fingerprint density at radius 3 is 2.89 bits per heavy atom. The van der Waals surface area contributed by atoms with Gasteiger partial charge in [-0.05, 0) is 54.0 Å². The second-order valence-electron chi connectivity index (χ2n) is 9.62. The first-order chi connectivity index (χ1) is 17.1. The summed E-state index contributed by atoms with van der Waals surface area (Å²) in [6.07, 6.45) is 6.58. The summed E-state index contributed by atoms with van der Waals surface area (Å²) >= 11 is 0. The molecule has 6 rings (SSSR count). The van der Waals surface area contributed by atoms with E-state index in [4.69, 9.17) is 5.10 Å². The second-order valence-corrected chi connectivity index (χ2v) is 9.62. The van der Waals surface area contributed by atoms with Crippen molar-refractivity contribution in [2.45, 2.75) is 44.8 Å². The van der Waals surface area contributed by atoms with E-state index < -0.39 is 11.9 Å². The quantitative estimate of drug-likeness (QED) is 0.559. The highest BCUT2D eigenvalue weighted by Gasteiger charge is 2.28. The molecule has 1 unspecified atom stereocenters. The molecule has 3 aliphatic rings. The number of hydrazone groups is 1. The first kappa shape index (κ1) is 21.7. The number of rotatable bonds is 6. The van der Waals surface area contributed by atoms with Gasteiger partial charge in [-0.3, -0.25) is 14.9 Å². The minimum atomic E-state index is -0.533. The Morgan fingerprint density at radius 2 is 2.06 bits per heavy atom. The zero-order valence-electron chi connectivity index (χ0n) is 19.3. The van der Waals surface area contributed by atoms with E-state index in [0.717, 1.165) is 53.3 Å². The highest BCUT2D eigenvalue weighted by Crippen LogP contribution is 2.31. The molecule has 1 saturated carbocycles. The molecule has 3 aromatic rings. The van der Waals surface area contributed by atoms with Gasteiger partial charge >= 0.3 is 0 Å². The maximum Gasteiger partial charge on any atom is 0.257 e. The van der Waals surface area contributed by atoms with Gasteiger partial charge in [-0.1, -0.05) is 30.3 Å². The van der Waals surface area contributed by atoms with E-state index in [1.807, 2.05) is 28.9 Å². The number of aldehydes is 1. The molecular formula is C27H26FN5O2. The van der Waals surface area contributed by atoms with Crippen molar-refractivity contribution in [3.63, 3.8) is 0 Å². The van der Waals surface area contributed by atoms with E-state index >= 15 is 0 Å². The fourth-order valence-corrected chi connectivity index (χ4v) is 4.95. The number of carbonyl (C=O) groups excluding carboxylic acids is 2. The van der Waals surface area contributed by atoms with E-state index in [9.17, 15) is 14.0 Å². The van der Waals surface area contributed by atoms with Gasteiger partial charge in [0, 0.05) is 31.3 Å². The molecule has 7 nitrogen and oxygen atoms in total. The van der Waals surface area contributed by atoms with Crippen molar-refractivity contribution >= 4 is 17.9 Å². The molecule has 0 bridgehead atoms. The van der Waals surface area contributed by atoms with Gasteiger partial charge in [0.25, 0.3) is 5.91 Å². The van der Waals surface area contributed by atoms with Crippen molar-refractivity contribution in [1.82, 2.24) is 20.1 Å². The molecular weight excluding hydrogens is 445 g/mol. The molecule has 178 valence electrons. The Morgan fingerprint density at radius 1 is 1.20 bits per heavy atom. The summed E-state index contributed by atoms with van der Waals surface area (Å²) in [5, 5.41) is 9.08. The van der Waals surface area contributed by atoms with Crippen LogP contribution in [0.3, 0.4) is 0 Å². The van der Waals surface area contributed by atoms with Gasteiger partial charge in [-0.15, -0.1) is 0 Å². The summed E-state index contributed by atoms with van der Waals surface area (Å²) in [5.74, 6) is -0.128. The molecule has 1 fully saturated rings. The number of benzene rings is 2. The van der Waals surface area contributed by atoms with Crippen LogP contribution in [-0.2, 0) is 30.7 Å². The molecule has 8 heteroatoms. The molecule has 3 heterocycles. The standard InChI is InChI=1S/C27H26FN5O2/c28-23-8-7-18(12-24-20-3-1-2-4-21(20)26(16-34)30-29-24)11-22(23)27(35)32-10-9-19-14-33(13-17-5-6-17)31-25(19)15-32/h1-4,7-8,11,14,16-17,26,30H,5-6,9-10,12-13,15H2. The lowest BCUT2D eigenvalue weighted by Crippen LogP contribution is -2.36. The minimum Gasteiger partial charge on any atom is -0.332 e. The van der Waals surface area contributed by atoms with Gasteiger partial charge in [0.2, 0.25) is 0 Å². The normalized spacial score (nSPS) is 18.8. The van der Waals surface area contributed by atoms with Crippen LogP contribution in [0.4, 0.5) is 4.39 Å². The molecule has 0 saturated heterocycles. The fraction of sp³-hybridized carbons (Fsp3) is 0.333. The van der Waals surface area contributed by atoms with Crippen LogP contribution in [0, 0.1) is 11.7 Å². The predicted molar refractivity (Wildman–Crippen MR) is 128 cm³/mol. The molecule has 1 aliphatic carbocycles. The molecule has 1 amide bonds. The molecule has 0 radical (unpaired) electrons. The van der Waals surface area contributed by atoms with Crippen LogP contribution in [-0.4, -0.2) is 39.1 Å². The summed E-state index contributed by atoms with van der Waals surface area (Å²) in [6, 6.07) is 11.8. The molecule has 1 N–H and O–H groups in total. The Kier molecular flexibility index (Phi) is 5.43. The first-order valence-corrected chi connectivity index (χ1v) is 12.1. The average Bonchev–Trinajstić information content (AvgIpc) is 3.60. The van der Waals surface area contributed by atoms with E-state index in [1.165, 1.54) is 24.5 Å². The van der Waals surface area contributed by atoms with Crippen LogP contribution >= 0.6 is 0 Å². The smallest absolute Gasteiger partial charge is 0.257 e. The summed E-state index contributed by atoms with van der Waals surface area (Å²) in [6.45, 7) is 1.88. The Labute approximate surface area is 202 Å². The summed E-state index contributed by atoms with van der Waals surface area (Å²) < 4.78 is 16.8. The van der Waals surface area contributed by atoms with E-state index in [0.29, 0.717) is 19.5 Å². The van der Waals surface area contributed by atoms with Crippen LogP contribution < -0.4 is 5.43 Å². The van der Waals surface area contributed by atoms with E-state index in [-0.39, 0.29) is 11.5 Å². The number of hydrogen-bond donors (Lipinski definition) is 1. The third-order valence-corrected chi connectivity index (χ3v) is 7.06. The number of halogens is 1. The van der Waals surface area contributed by atoms with Crippen molar-refractivity contribution in [2.75, 3.05) is 6.54 Å². The van der Waals surface area contributed by atoms with Gasteiger partial charge in [0.05, 0.1) is 23.5 Å². The highest BCUT2D eigenvalue weighted by molar-refractivity contribution is 6.04. The lowest BCUT2D eigenvalue weighted by Gasteiger charge is -2.26. The lowest BCUT2D eigenvalue weighted by atomic mass is 9.92. The van der Waals surface area contributed by atoms with Gasteiger partial charge < -0.3 is 9.69 Å². The third-order valence-electron chi connectivity index (χ3n) is 7.06. The van der Waals surface area contributed by atoms with E-state index in [1.54, 1.807) is 17.0 Å². The molecule has 0 spiro atoms. The number of fused-ring (bicyclic) bond motifs is 2. The third kappa shape index (κ3) is 4.24. The summed E-state index contributed by atoms with van der Waals surface area (Å²) in [5.41, 5.74) is 8.29. The number of amides is 1. The SMILES string of the molecule is O=CC1NN=C(Cc2ccc(F)c(C(=O)N3CCc4cn(CC5CC5)nc4C3)c2)c2ccccc21. The van der Waals surface area contributed by atoms with Crippen molar-refractivity contribution in [3.05, 3.63) is 88.0 Å². The van der Waals surface area contributed by atoms with Crippen LogP contribution in [0.15, 0.2) is 53.8 Å². The molecule has 2 aliphatic heterocycles. The molecule has 35 heavy (non-hydrogen) atoms. The monoisotopic (exact) mass is 471 g/mol. The number of nitrogens with one attached hydrogen (secondary N) is 1. The fourth-order valence-electron chi connectivity index (χ4n) is 4.95. The zero-order valence-corrected chi connectivity index (χ0v) is 19.3. The maximum absolute atomic E-state index is 14.8. The van der Waals surface area contributed by atoms with Gasteiger partial charge in [0.15, 0.2) is 0 Å². The van der Waals surface area contributed by atoms with Crippen molar-refractivity contribution < 1.29 is 14.0 Å². The topological polar surface area (TPSA) is 79.6 Å². The van der Waals surface area contributed by atoms with Gasteiger partial charge in [0.1, 0.15) is 18.1 Å². The Bertz CT molecular complexity index is 1340. The van der Waals surface area contributed by atoms with Crippen LogP contribution in [0.2, 0.25) is 0 Å². The second kappa shape index (κ2) is 8.76. The van der Waals surface area contributed by atoms with E-state index in [2.05, 4.69) is 16.7 Å². The van der Waals surface area contributed by atoms with Crippen LogP contribution in [0.25, 0.3) is 0 Å². The number of aromatic nitrogens is 2. The van der Waals surface area contributed by atoms with Crippen molar-refractivity contribution in [3.8, 4) is 0 Å². The van der Waals surface area contributed by atoms with Crippen molar-refractivity contribution in [1.29, 1.82) is 0 Å².